The van der Waals surface area contributed by atoms with Crippen molar-refractivity contribution in [3.8, 4) is 0 Å². The average molecular weight is 340 g/mol. The van der Waals surface area contributed by atoms with Crippen LogP contribution in [0.3, 0.4) is 0 Å². The molecule has 0 aliphatic carbocycles. The van der Waals surface area contributed by atoms with E-state index in [9.17, 15) is 0 Å². The Bertz CT molecular complexity index is 153. The molecule has 0 amide bonds. The summed E-state index contributed by atoms with van der Waals surface area (Å²) in [6.45, 7) is 14.5. The van der Waals surface area contributed by atoms with Crippen LogP contribution in [0.1, 0.15) is 41.5 Å². The van der Waals surface area contributed by atoms with Gasteiger partial charge in [0.2, 0.25) is 0 Å². The molecule has 0 fully saturated rings. The van der Waals surface area contributed by atoms with E-state index in [2.05, 4.69) is 41.5 Å². The first-order valence-electron chi connectivity index (χ1n) is 8.04. The van der Waals surface area contributed by atoms with Crippen molar-refractivity contribution >= 4 is 31.7 Å². The van der Waals surface area contributed by atoms with E-state index in [1.54, 1.807) is 17.7 Å². The summed E-state index contributed by atoms with van der Waals surface area (Å²) in [6.07, 6.45) is 8.82. The molecule has 0 saturated carbocycles. The van der Waals surface area contributed by atoms with Crippen molar-refractivity contribution in [3.63, 3.8) is 0 Å². The van der Waals surface area contributed by atoms with Gasteiger partial charge in [-0.25, -0.2) is 0 Å². The van der Waals surface area contributed by atoms with Crippen LogP contribution in [-0.4, -0.2) is 54.7 Å². The minimum absolute atomic E-state index is 0.373. The molecule has 0 atom stereocenters. The maximum absolute atomic E-state index is 2.42. The molecule has 19 heavy (non-hydrogen) atoms. The van der Waals surface area contributed by atoms with E-state index in [4.69, 9.17) is 0 Å². The first-order valence-corrected chi connectivity index (χ1v) is 15.6. The fourth-order valence-electron chi connectivity index (χ4n) is 2.25. The van der Waals surface area contributed by atoms with Gasteiger partial charge >= 0.3 is 0 Å². The summed E-state index contributed by atoms with van der Waals surface area (Å²) in [5, 5.41) is 0. The van der Waals surface area contributed by atoms with Gasteiger partial charge in [-0.15, -0.1) is 23.8 Å². The second-order valence-electron chi connectivity index (χ2n) is 5.00. The maximum atomic E-state index is 2.42. The third-order valence-corrected chi connectivity index (χ3v) is 18.8. The fourth-order valence-corrected chi connectivity index (χ4v) is 18.7. The van der Waals surface area contributed by atoms with Crippen LogP contribution in [0.4, 0.5) is 0 Å². The number of hydrogen-bond acceptors (Lipinski definition) is 0. The molecule has 0 heterocycles. The highest BCUT2D eigenvalue weighted by atomic mass is 31.2. The summed E-state index contributed by atoms with van der Waals surface area (Å²) in [4.78, 5) is 0. The lowest BCUT2D eigenvalue weighted by atomic mass is 11.0. The van der Waals surface area contributed by atoms with Crippen LogP contribution < -0.4 is 0 Å². The first kappa shape index (κ1) is 20.7. The van der Waals surface area contributed by atoms with Crippen molar-refractivity contribution < 1.29 is 0 Å². The van der Waals surface area contributed by atoms with E-state index in [0.29, 0.717) is 31.7 Å². The molecular formula is C15H36P4. The summed E-state index contributed by atoms with van der Waals surface area (Å²) >= 11 is 0. The SMILES string of the molecule is CCP(CC)CP(CP(CC)CC)CP(CC)CC. The molecule has 0 aliphatic heterocycles. The Labute approximate surface area is 128 Å². The molecule has 0 unspecified atom stereocenters. The Balaban J connectivity index is 4.51. The minimum Gasteiger partial charge on any atom is -0.103 e. The van der Waals surface area contributed by atoms with E-state index in [-0.39, 0.29) is 0 Å². The quantitative estimate of drug-likeness (QED) is 0.339. The smallest absolute Gasteiger partial charge is 0.0114 e. The molecule has 0 N–H and O–H groups in total. The zero-order valence-corrected chi connectivity index (χ0v) is 17.7. The topological polar surface area (TPSA) is 0 Å². The Morgan fingerprint density at radius 3 is 0.737 bits per heavy atom. The molecule has 0 aromatic carbocycles. The van der Waals surface area contributed by atoms with Gasteiger partial charge in [-0.1, -0.05) is 49.5 Å². The molecule has 4 heteroatoms. The average Bonchev–Trinajstić information content (AvgIpc) is 2.46. The summed E-state index contributed by atoms with van der Waals surface area (Å²) in [5.74, 6) is 4.94. The number of rotatable bonds is 12. The van der Waals surface area contributed by atoms with E-state index in [1.165, 1.54) is 37.0 Å². The van der Waals surface area contributed by atoms with E-state index in [0.717, 1.165) is 0 Å². The number of hydrogen-bond donors (Lipinski definition) is 0. The molecule has 0 spiro atoms. The molecule has 0 aliphatic rings. The van der Waals surface area contributed by atoms with Crippen LogP contribution >= 0.6 is 31.7 Å². The second-order valence-corrected chi connectivity index (χ2v) is 17.6. The van der Waals surface area contributed by atoms with Crippen molar-refractivity contribution in [2.45, 2.75) is 41.5 Å². The van der Waals surface area contributed by atoms with E-state index < -0.39 is 0 Å². The van der Waals surface area contributed by atoms with Crippen LogP contribution in [0.25, 0.3) is 0 Å². The van der Waals surface area contributed by atoms with Gasteiger partial charge in [-0.3, -0.25) is 0 Å². The molecule has 0 nitrogen and oxygen atoms in total. The summed E-state index contributed by atoms with van der Waals surface area (Å²) in [6, 6.07) is 0. The van der Waals surface area contributed by atoms with E-state index >= 15 is 0 Å². The Kier molecular flexibility index (Phi) is 14.6. The predicted octanol–water partition coefficient (Wildman–Crippen LogP) is 6.91. The summed E-state index contributed by atoms with van der Waals surface area (Å²) < 4.78 is 0. The lowest BCUT2D eigenvalue weighted by Gasteiger charge is -2.29. The summed E-state index contributed by atoms with van der Waals surface area (Å²) in [7, 11) is 1.49. The van der Waals surface area contributed by atoms with Gasteiger partial charge in [0.05, 0.1) is 0 Å². The van der Waals surface area contributed by atoms with Crippen molar-refractivity contribution in [1.82, 2.24) is 0 Å². The highest BCUT2D eigenvalue weighted by Gasteiger charge is 2.19. The second kappa shape index (κ2) is 13.4. The molecule has 0 saturated heterocycles. The lowest BCUT2D eigenvalue weighted by molar-refractivity contribution is 1.39. The molecule has 0 rings (SSSR count). The highest BCUT2D eigenvalue weighted by Crippen LogP contribution is 2.62. The lowest BCUT2D eigenvalue weighted by Crippen LogP contribution is -1.99. The Hall–Kier alpha value is 1.72. The van der Waals surface area contributed by atoms with Crippen molar-refractivity contribution in [2.24, 2.45) is 0 Å². The standard InChI is InChI=1S/C15H36P4/c1-7-16(8-2)13-19(14-17(9-3)10-4)15-18(11-5)12-6/h7-15H2,1-6H3. The van der Waals surface area contributed by atoms with Crippen LogP contribution in [-0.2, 0) is 0 Å². The normalized spacial score (nSPS) is 12.3. The van der Waals surface area contributed by atoms with Gasteiger partial charge in [-0.05, 0) is 54.7 Å². The molecule has 0 aromatic heterocycles. The molecule has 0 aromatic rings. The maximum Gasteiger partial charge on any atom is -0.0114 e. The third kappa shape index (κ3) is 9.36. The van der Waals surface area contributed by atoms with Crippen LogP contribution in [0, 0.1) is 0 Å². The van der Waals surface area contributed by atoms with Gasteiger partial charge in [0, 0.05) is 0 Å². The van der Waals surface area contributed by atoms with Crippen molar-refractivity contribution in [3.05, 3.63) is 0 Å². The molecule has 116 valence electrons. The van der Waals surface area contributed by atoms with Gasteiger partial charge in [0.1, 0.15) is 0 Å². The Morgan fingerprint density at radius 2 is 0.579 bits per heavy atom. The van der Waals surface area contributed by atoms with Gasteiger partial charge in [0.15, 0.2) is 0 Å². The third-order valence-electron chi connectivity index (χ3n) is 3.88. The monoisotopic (exact) mass is 340 g/mol. The minimum atomic E-state index is 0.373. The van der Waals surface area contributed by atoms with Crippen molar-refractivity contribution in [1.29, 1.82) is 0 Å². The Morgan fingerprint density at radius 1 is 0.368 bits per heavy atom. The van der Waals surface area contributed by atoms with Crippen LogP contribution in [0.15, 0.2) is 0 Å². The van der Waals surface area contributed by atoms with Gasteiger partial charge in [-0.2, -0.15) is 0 Å². The highest BCUT2D eigenvalue weighted by molar-refractivity contribution is 7.86. The zero-order valence-electron chi connectivity index (χ0n) is 14.2. The summed E-state index contributed by atoms with van der Waals surface area (Å²) in [5.41, 5.74) is 0. The largest absolute Gasteiger partial charge is 0.103 e. The first-order chi connectivity index (χ1) is 9.14. The van der Waals surface area contributed by atoms with Crippen LogP contribution in [0.5, 0.6) is 0 Å². The van der Waals surface area contributed by atoms with Gasteiger partial charge in [0.25, 0.3) is 0 Å². The molecule has 0 bridgehead atoms. The van der Waals surface area contributed by atoms with E-state index in [1.807, 2.05) is 0 Å². The van der Waals surface area contributed by atoms with Crippen LogP contribution in [0.2, 0.25) is 0 Å². The fraction of sp³-hybridized carbons (Fsp3) is 1.00. The zero-order chi connectivity index (χ0) is 14.7. The molecule has 0 radical (unpaired) electrons. The van der Waals surface area contributed by atoms with Gasteiger partial charge < -0.3 is 0 Å². The predicted molar refractivity (Wildman–Crippen MR) is 106 cm³/mol. The molecular weight excluding hydrogens is 304 g/mol. The van der Waals surface area contributed by atoms with Crippen molar-refractivity contribution in [2.75, 3.05) is 54.7 Å².